The molecule has 3 aromatic rings. The Morgan fingerprint density at radius 1 is 1.52 bits per heavy atom. The van der Waals surface area contributed by atoms with Gasteiger partial charge in [-0.1, -0.05) is 13.3 Å². The fraction of sp³-hybridized carbons (Fsp3) is 0.400. The fourth-order valence-corrected chi connectivity index (χ4v) is 3.91. The zero-order chi connectivity index (χ0) is 14.4. The highest BCUT2D eigenvalue weighted by atomic mass is 32.1. The summed E-state index contributed by atoms with van der Waals surface area (Å²) < 4.78 is 6.53. The van der Waals surface area contributed by atoms with Crippen molar-refractivity contribution in [1.82, 2.24) is 15.0 Å². The van der Waals surface area contributed by atoms with Gasteiger partial charge in [0.05, 0.1) is 30.2 Å². The number of pyridine rings is 1. The Bertz CT molecular complexity index is 884. The third-order valence-electron chi connectivity index (χ3n) is 3.93. The van der Waals surface area contributed by atoms with Gasteiger partial charge in [0.15, 0.2) is 0 Å². The highest BCUT2D eigenvalue weighted by Gasteiger charge is 2.22. The average molecular weight is 301 g/mol. The summed E-state index contributed by atoms with van der Waals surface area (Å²) in [6, 6.07) is 2.09. The van der Waals surface area contributed by atoms with E-state index in [0.29, 0.717) is 11.3 Å². The molecule has 4 rings (SSSR count). The highest BCUT2D eigenvalue weighted by molar-refractivity contribution is 7.25. The summed E-state index contributed by atoms with van der Waals surface area (Å²) in [6.45, 7) is 2.77. The van der Waals surface area contributed by atoms with Crippen LogP contribution in [-0.4, -0.2) is 21.1 Å². The van der Waals surface area contributed by atoms with Gasteiger partial charge in [-0.2, -0.15) is 0 Å². The Labute approximate surface area is 125 Å². The van der Waals surface area contributed by atoms with Crippen molar-refractivity contribution < 1.29 is 4.74 Å². The summed E-state index contributed by atoms with van der Waals surface area (Å²) in [6.07, 6.45) is 4.75. The predicted octanol–water partition coefficient (Wildman–Crippen LogP) is 2.77. The minimum Gasteiger partial charge on any atom is -0.373 e. The van der Waals surface area contributed by atoms with Gasteiger partial charge < -0.3 is 9.72 Å². The number of hydrogen-bond acceptors (Lipinski definition) is 5. The van der Waals surface area contributed by atoms with Crippen LogP contribution >= 0.6 is 11.3 Å². The summed E-state index contributed by atoms with van der Waals surface area (Å²) in [4.78, 5) is 24.5. The third kappa shape index (κ3) is 2.06. The zero-order valence-electron chi connectivity index (χ0n) is 11.7. The van der Waals surface area contributed by atoms with Crippen LogP contribution in [0.15, 0.2) is 17.2 Å². The molecule has 1 aliphatic rings. The van der Waals surface area contributed by atoms with E-state index in [9.17, 15) is 4.79 Å². The molecule has 0 amide bonds. The van der Waals surface area contributed by atoms with E-state index in [4.69, 9.17) is 9.72 Å². The Hall–Kier alpha value is -1.79. The van der Waals surface area contributed by atoms with Crippen molar-refractivity contribution in [3.05, 3.63) is 34.0 Å². The van der Waals surface area contributed by atoms with E-state index in [1.807, 2.05) is 0 Å². The van der Waals surface area contributed by atoms with E-state index in [2.05, 4.69) is 23.0 Å². The van der Waals surface area contributed by atoms with E-state index in [-0.39, 0.29) is 11.7 Å². The minimum atomic E-state index is -0.0962. The SMILES string of the molecule is CCC[C@H]1Cc2nc3sc4c(=O)[nH]cnc4c3cc2CO1. The van der Waals surface area contributed by atoms with Crippen LogP contribution in [0.1, 0.15) is 31.0 Å². The van der Waals surface area contributed by atoms with Crippen LogP contribution in [0.3, 0.4) is 0 Å². The smallest absolute Gasteiger partial charge is 0.268 e. The van der Waals surface area contributed by atoms with Crippen LogP contribution in [-0.2, 0) is 17.8 Å². The molecular weight excluding hydrogens is 286 g/mol. The lowest BCUT2D eigenvalue weighted by Gasteiger charge is -2.24. The topological polar surface area (TPSA) is 67.9 Å². The molecule has 0 bridgehead atoms. The van der Waals surface area contributed by atoms with Crippen molar-refractivity contribution in [3.63, 3.8) is 0 Å². The first-order valence-corrected chi connectivity index (χ1v) is 7.98. The number of ether oxygens (including phenoxy) is 1. The second kappa shape index (κ2) is 4.89. The first-order chi connectivity index (χ1) is 10.3. The molecular formula is C15H15N3O2S. The largest absolute Gasteiger partial charge is 0.373 e. The molecule has 4 heterocycles. The molecule has 21 heavy (non-hydrogen) atoms. The number of aromatic amines is 1. The number of nitrogens with zero attached hydrogens (tertiary/aromatic N) is 2. The van der Waals surface area contributed by atoms with Gasteiger partial charge in [0.2, 0.25) is 0 Å². The van der Waals surface area contributed by atoms with Crippen LogP contribution in [0, 0.1) is 0 Å². The van der Waals surface area contributed by atoms with E-state index >= 15 is 0 Å². The summed E-state index contributed by atoms with van der Waals surface area (Å²) in [7, 11) is 0. The molecule has 6 heteroatoms. The quantitative estimate of drug-likeness (QED) is 0.790. The predicted molar refractivity (Wildman–Crippen MR) is 82.7 cm³/mol. The molecule has 1 N–H and O–H groups in total. The van der Waals surface area contributed by atoms with Gasteiger partial charge in [0, 0.05) is 17.4 Å². The second-order valence-corrected chi connectivity index (χ2v) is 6.38. The van der Waals surface area contributed by atoms with Crippen molar-refractivity contribution in [2.24, 2.45) is 0 Å². The van der Waals surface area contributed by atoms with Gasteiger partial charge >= 0.3 is 0 Å². The van der Waals surface area contributed by atoms with Gasteiger partial charge in [-0.05, 0) is 12.5 Å². The lowest BCUT2D eigenvalue weighted by molar-refractivity contribution is 0.0217. The Morgan fingerprint density at radius 3 is 3.29 bits per heavy atom. The van der Waals surface area contributed by atoms with Crippen molar-refractivity contribution in [2.45, 2.75) is 38.9 Å². The zero-order valence-corrected chi connectivity index (χ0v) is 12.5. The van der Waals surface area contributed by atoms with E-state index < -0.39 is 0 Å². The average Bonchev–Trinajstić information content (AvgIpc) is 2.84. The number of H-pyrrole nitrogens is 1. The Balaban J connectivity index is 1.90. The first kappa shape index (κ1) is 12.9. The van der Waals surface area contributed by atoms with Crippen LogP contribution in [0.5, 0.6) is 0 Å². The van der Waals surface area contributed by atoms with E-state index in [0.717, 1.165) is 46.3 Å². The van der Waals surface area contributed by atoms with Crippen molar-refractivity contribution >= 4 is 31.8 Å². The summed E-state index contributed by atoms with van der Waals surface area (Å²) in [5.41, 5.74) is 2.87. The molecule has 0 unspecified atom stereocenters. The third-order valence-corrected chi connectivity index (χ3v) is 5.01. The van der Waals surface area contributed by atoms with Gasteiger partial charge in [0.25, 0.3) is 5.56 Å². The minimum absolute atomic E-state index is 0.0962. The maximum atomic E-state index is 11.9. The maximum absolute atomic E-state index is 11.9. The number of nitrogens with one attached hydrogen (secondary N) is 1. The summed E-state index contributed by atoms with van der Waals surface area (Å²) in [5, 5.41) is 0.956. The van der Waals surface area contributed by atoms with Gasteiger partial charge in [0.1, 0.15) is 9.53 Å². The molecule has 0 aliphatic carbocycles. The molecule has 5 nitrogen and oxygen atoms in total. The monoisotopic (exact) mass is 301 g/mol. The van der Waals surface area contributed by atoms with E-state index in [1.54, 1.807) is 0 Å². The van der Waals surface area contributed by atoms with Gasteiger partial charge in [-0.25, -0.2) is 9.97 Å². The number of aromatic nitrogens is 3. The number of thiophene rings is 1. The molecule has 0 radical (unpaired) electrons. The van der Waals surface area contributed by atoms with Gasteiger partial charge in [-0.3, -0.25) is 4.79 Å². The molecule has 3 aromatic heterocycles. The molecule has 0 fully saturated rings. The Kier molecular flexibility index (Phi) is 3.01. The fourth-order valence-electron chi connectivity index (χ4n) is 2.88. The highest BCUT2D eigenvalue weighted by Crippen LogP contribution is 2.32. The lowest BCUT2D eigenvalue weighted by Crippen LogP contribution is -2.23. The molecule has 1 aliphatic heterocycles. The number of fused-ring (bicyclic) bond motifs is 4. The van der Waals surface area contributed by atoms with Crippen LogP contribution < -0.4 is 5.56 Å². The van der Waals surface area contributed by atoms with Crippen LogP contribution in [0.2, 0.25) is 0 Å². The molecule has 0 saturated carbocycles. The van der Waals surface area contributed by atoms with E-state index in [1.165, 1.54) is 17.7 Å². The summed E-state index contributed by atoms with van der Waals surface area (Å²) in [5.74, 6) is 0. The van der Waals surface area contributed by atoms with Crippen LogP contribution in [0.25, 0.3) is 20.4 Å². The lowest BCUT2D eigenvalue weighted by atomic mass is 10.0. The second-order valence-electron chi connectivity index (χ2n) is 5.38. The first-order valence-electron chi connectivity index (χ1n) is 7.16. The Morgan fingerprint density at radius 2 is 2.43 bits per heavy atom. The normalized spacial score (nSPS) is 18.2. The van der Waals surface area contributed by atoms with Gasteiger partial charge in [-0.15, -0.1) is 11.3 Å². The molecule has 0 aromatic carbocycles. The van der Waals surface area contributed by atoms with Crippen molar-refractivity contribution in [3.8, 4) is 0 Å². The molecule has 108 valence electrons. The van der Waals surface area contributed by atoms with Crippen molar-refractivity contribution in [1.29, 1.82) is 0 Å². The number of hydrogen-bond donors (Lipinski definition) is 1. The summed E-state index contributed by atoms with van der Waals surface area (Å²) >= 11 is 1.42. The molecule has 0 saturated heterocycles. The standard InChI is InChI=1S/C15H15N3O2S/c1-2-3-9-5-11-8(6-20-9)4-10-12-13(21-15(10)18-11)14(19)17-7-16-12/h4,7,9H,2-3,5-6H2,1H3,(H,16,17,19)/t9-/m0/s1. The van der Waals surface area contributed by atoms with Crippen LogP contribution in [0.4, 0.5) is 0 Å². The number of rotatable bonds is 2. The molecule has 1 atom stereocenters. The molecule has 0 spiro atoms. The van der Waals surface area contributed by atoms with Crippen molar-refractivity contribution in [2.75, 3.05) is 0 Å². The maximum Gasteiger partial charge on any atom is 0.268 e.